The van der Waals surface area contributed by atoms with E-state index >= 15 is 0 Å². The van der Waals surface area contributed by atoms with Gasteiger partial charge in [-0.05, 0) is 84.9 Å². The third-order valence-electron chi connectivity index (χ3n) is 10.6. The van der Waals surface area contributed by atoms with Crippen LogP contribution in [0.5, 0.6) is 0 Å². The third kappa shape index (κ3) is 3.89. The van der Waals surface area contributed by atoms with Crippen LogP contribution in [0.3, 0.4) is 0 Å². The molecule has 0 saturated heterocycles. The lowest BCUT2D eigenvalue weighted by atomic mass is 9.46. The Labute approximate surface area is 189 Å². The van der Waals surface area contributed by atoms with Gasteiger partial charge < -0.3 is 5.11 Å². The summed E-state index contributed by atoms with van der Waals surface area (Å²) < 4.78 is 0. The normalized spacial score (nSPS) is 43.4. The summed E-state index contributed by atoms with van der Waals surface area (Å²) in [5, 5.41) is 22.4. The van der Waals surface area contributed by atoms with Crippen LogP contribution in [0.1, 0.15) is 105 Å². The van der Waals surface area contributed by atoms with E-state index in [1.807, 2.05) is 0 Å². The monoisotopic (exact) mass is 431 g/mol. The van der Waals surface area contributed by atoms with Crippen molar-refractivity contribution in [2.75, 3.05) is 0 Å². The molecule has 4 aliphatic rings. The third-order valence-corrected chi connectivity index (χ3v) is 10.6. The molecule has 0 aromatic rings. The van der Waals surface area contributed by atoms with E-state index in [4.69, 9.17) is 0 Å². The van der Waals surface area contributed by atoms with Gasteiger partial charge >= 0.3 is 0 Å². The fraction of sp³-hybridized carbons (Fsp3) is 0.926. The quantitative estimate of drug-likeness (QED) is 0.364. The molecule has 0 aromatic heterocycles. The summed E-state index contributed by atoms with van der Waals surface area (Å²) in [7, 11) is 0. The van der Waals surface area contributed by atoms with Crippen LogP contribution in [0.4, 0.5) is 0 Å². The summed E-state index contributed by atoms with van der Waals surface area (Å²) in [4.78, 5) is 12.0. The molecule has 0 aliphatic heterocycles. The van der Waals surface area contributed by atoms with E-state index in [0.717, 1.165) is 36.2 Å². The Hall–Kier alpha value is -0.900. The van der Waals surface area contributed by atoms with Gasteiger partial charge in [-0.3, -0.25) is 10.1 Å². The second kappa shape index (κ2) is 8.47. The SMILES string of the molecule is CC(C)CCC[C@@H](C)C1CC[C@H]2[C@@H]3CC([N+](=O)[O-])=C4C[C@@H](O)CC[C@]4(C)[C@H]3CC[C@]12C. The minimum absolute atomic E-state index is 0.0765. The molecule has 1 N–H and O–H groups in total. The van der Waals surface area contributed by atoms with Gasteiger partial charge in [0.1, 0.15) is 0 Å². The van der Waals surface area contributed by atoms with Crippen LogP contribution >= 0.6 is 0 Å². The molecule has 4 aliphatic carbocycles. The summed E-state index contributed by atoms with van der Waals surface area (Å²) in [5.74, 6) is 3.96. The summed E-state index contributed by atoms with van der Waals surface area (Å²) in [6.45, 7) is 12.0. The minimum Gasteiger partial charge on any atom is -0.393 e. The average molecular weight is 432 g/mol. The van der Waals surface area contributed by atoms with Gasteiger partial charge in [-0.15, -0.1) is 0 Å². The zero-order chi connectivity index (χ0) is 22.6. The smallest absolute Gasteiger partial charge is 0.246 e. The highest BCUT2D eigenvalue weighted by molar-refractivity contribution is 5.28. The first-order valence-corrected chi connectivity index (χ1v) is 13.1. The number of nitro groups is 1. The van der Waals surface area contributed by atoms with Crippen molar-refractivity contribution in [3.63, 3.8) is 0 Å². The van der Waals surface area contributed by atoms with Crippen molar-refractivity contribution in [3.8, 4) is 0 Å². The number of fused-ring (bicyclic) bond motifs is 5. The zero-order valence-corrected chi connectivity index (χ0v) is 20.5. The van der Waals surface area contributed by atoms with Gasteiger partial charge in [-0.1, -0.05) is 53.9 Å². The molecule has 0 spiro atoms. The number of hydrogen-bond donors (Lipinski definition) is 1. The van der Waals surface area contributed by atoms with Gasteiger partial charge in [-0.25, -0.2) is 0 Å². The first kappa shape index (κ1) is 23.3. The van der Waals surface area contributed by atoms with Gasteiger partial charge in [0.25, 0.3) is 0 Å². The van der Waals surface area contributed by atoms with E-state index in [9.17, 15) is 15.2 Å². The molecule has 0 heterocycles. The molecule has 0 bridgehead atoms. The molecule has 1 unspecified atom stereocenters. The molecule has 3 fully saturated rings. The number of nitrogens with zero attached hydrogens (tertiary/aromatic N) is 1. The van der Waals surface area contributed by atoms with Gasteiger partial charge in [0, 0.05) is 18.4 Å². The maximum absolute atomic E-state index is 12.1. The minimum atomic E-state index is -0.397. The largest absolute Gasteiger partial charge is 0.393 e. The second-order valence-corrected chi connectivity index (χ2v) is 12.6. The summed E-state index contributed by atoms with van der Waals surface area (Å²) in [5.41, 5.74) is 1.74. The van der Waals surface area contributed by atoms with E-state index in [1.165, 1.54) is 44.9 Å². The van der Waals surface area contributed by atoms with Gasteiger partial charge in [0.05, 0.1) is 11.0 Å². The van der Waals surface area contributed by atoms with E-state index in [0.29, 0.717) is 41.7 Å². The number of aliphatic hydroxyl groups excluding tert-OH is 1. The second-order valence-electron chi connectivity index (χ2n) is 12.6. The fourth-order valence-corrected chi connectivity index (χ4v) is 8.96. The van der Waals surface area contributed by atoms with Crippen LogP contribution < -0.4 is 0 Å². The lowest BCUT2D eigenvalue weighted by molar-refractivity contribution is -0.434. The molecule has 4 nitrogen and oxygen atoms in total. The maximum Gasteiger partial charge on any atom is 0.246 e. The Morgan fingerprint density at radius 3 is 2.45 bits per heavy atom. The first-order valence-electron chi connectivity index (χ1n) is 13.1. The molecule has 0 radical (unpaired) electrons. The summed E-state index contributed by atoms with van der Waals surface area (Å²) in [6, 6.07) is 0. The molecular weight excluding hydrogens is 386 g/mol. The van der Waals surface area contributed by atoms with Gasteiger partial charge in [0.15, 0.2) is 0 Å². The van der Waals surface area contributed by atoms with Crippen LogP contribution in [-0.2, 0) is 0 Å². The Kier molecular flexibility index (Phi) is 6.35. The van der Waals surface area contributed by atoms with Crippen LogP contribution in [0, 0.1) is 56.5 Å². The lowest BCUT2D eigenvalue weighted by Gasteiger charge is -2.58. The zero-order valence-electron chi connectivity index (χ0n) is 20.5. The van der Waals surface area contributed by atoms with E-state index in [-0.39, 0.29) is 10.3 Å². The van der Waals surface area contributed by atoms with Crippen molar-refractivity contribution >= 4 is 0 Å². The van der Waals surface area contributed by atoms with Crippen LogP contribution in [0.15, 0.2) is 11.3 Å². The number of rotatable bonds is 6. The van der Waals surface area contributed by atoms with Gasteiger partial charge in [0.2, 0.25) is 5.70 Å². The van der Waals surface area contributed by atoms with Crippen molar-refractivity contribution in [2.24, 2.45) is 46.3 Å². The van der Waals surface area contributed by atoms with E-state index < -0.39 is 6.10 Å². The summed E-state index contributed by atoms with van der Waals surface area (Å²) in [6.07, 6.45) is 11.5. The Bertz CT molecular complexity index is 730. The molecular formula is C27H45NO3. The van der Waals surface area contributed by atoms with Crippen molar-refractivity contribution in [1.29, 1.82) is 0 Å². The number of allylic oxidation sites excluding steroid dienone is 1. The van der Waals surface area contributed by atoms with Crippen molar-refractivity contribution in [1.82, 2.24) is 0 Å². The Morgan fingerprint density at radius 2 is 1.77 bits per heavy atom. The molecule has 3 saturated carbocycles. The van der Waals surface area contributed by atoms with Crippen molar-refractivity contribution in [2.45, 2.75) is 111 Å². The number of hydrogen-bond acceptors (Lipinski definition) is 3. The van der Waals surface area contributed by atoms with Gasteiger partial charge in [-0.2, -0.15) is 0 Å². The summed E-state index contributed by atoms with van der Waals surface area (Å²) >= 11 is 0. The Morgan fingerprint density at radius 1 is 1.03 bits per heavy atom. The topological polar surface area (TPSA) is 63.4 Å². The molecule has 8 atom stereocenters. The highest BCUT2D eigenvalue weighted by atomic mass is 16.6. The molecule has 4 heteroatoms. The highest BCUT2D eigenvalue weighted by Gasteiger charge is 2.61. The van der Waals surface area contributed by atoms with E-state index in [2.05, 4.69) is 34.6 Å². The Balaban J connectivity index is 1.59. The van der Waals surface area contributed by atoms with Crippen LogP contribution in [0.2, 0.25) is 0 Å². The van der Waals surface area contributed by atoms with Crippen LogP contribution in [-0.4, -0.2) is 16.1 Å². The standard InChI is InChI=1S/C27H45NO3/c1-17(2)7-6-8-18(3)21-9-10-22-20-16-25(28(30)31)24-15-19(29)11-13-27(24,5)23(20)12-14-26(21,22)4/h17-23,29H,6-16H2,1-5H3/t18-,19+,20+,21?,22+,23+,26-,27-/m1/s1. The highest BCUT2D eigenvalue weighted by Crippen LogP contribution is 2.68. The van der Waals surface area contributed by atoms with Crippen LogP contribution in [0.25, 0.3) is 0 Å². The molecule has 31 heavy (non-hydrogen) atoms. The fourth-order valence-electron chi connectivity index (χ4n) is 8.96. The predicted octanol–water partition coefficient (Wildman–Crippen LogP) is 6.99. The lowest BCUT2D eigenvalue weighted by Crippen LogP contribution is -2.52. The molecule has 0 aromatic carbocycles. The number of aliphatic hydroxyl groups is 1. The average Bonchev–Trinajstić information content (AvgIpc) is 3.05. The van der Waals surface area contributed by atoms with Crippen molar-refractivity contribution in [3.05, 3.63) is 21.4 Å². The maximum atomic E-state index is 12.1. The van der Waals surface area contributed by atoms with Crippen molar-refractivity contribution < 1.29 is 10.0 Å². The molecule has 0 amide bonds. The van der Waals surface area contributed by atoms with E-state index in [1.54, 1.807) is 0 Å². The first-order chi connectivity index (χ1) is 14.6. The predicted molar refractivity (Wildman–Crippen MR) is 125 cm³/mol. The molecule has 4 rings (SSSR count). The molecule has 176 valence electrons.